The third-order valence-corrected chi connectivity index (χ3v) is 5.80. The number of ether oxygens (including phenoxy) is 2. The van der Waals surface area contributed by atoms with Gasteiger partial charge >= 0.3 is 6.03 Å². The van der Waals surface area contributed by atoms with Crippen molar-refractivity contribution in [2.24, 2.45) is 0 Å². The quantitative estimate of drug-likeness (QED) is 0.235. The van der Waals surface area contributed by atoms with E-state index in [4.69, 9.17) is 9.47 Å². The largest absolute Gasteiger partial charge is 0.454 e. The van der Waals surface area contributed by atoms with Gasteiger partial charge in [-0.05, 0) is 37.3 Å². The number of carbonyl (C=O) groups is 2. The fourth-order valence-corrected chi connectivity index (χ4v) is 3.68. The normalized spacial score (nSPS) is 11.2. The van der Waals surface area contributed by atoms with Crippen molar-refractivity contribution >= 4 is 29.3 Å². The summed E-state index contributed by atoms with van der Waals surface area (Å²) in [6.07, 6.45) is 1.33. The Hall–Kier alpha value is -4.84. The fraction of sp³-hybridized carbons (Fsp3) is 0.241. The minimum atomic E-state index is -1.32. The number of carbonyl (C=O) groups excluding carboxylic acids is 2. The van der Waals surface area contributed by atoms with Gasteiger partial charge in [0.1, 0.15) is 24.0 Å². The molecule has 2 aromatic heterocycles. The highest BCUT2D eigenvalue weighted by Crippen LogP contribution is 2.31. The van der Waals surface area contributed by atoms with E-state index < -0.39 is 35.0 Å². The summed E-state index contributed by atoms with van der Waals surface area (Å²) in [4.78, 5) is 28.5. The number of hydrogen-bond acceptors (Lipinski definition) is 6. The molecule has 12 heteroatoms. The molecule has 2 heterocycles. The lowest BCUT2D eigenvalue weighted by Crippen LogP contribution is -2.22. The molecule has 0 saturated carbocycles. The Kier molecular flexibility index (Phi) is 8.62. The lowest BCUT2D eigenvalue weighted by atomic mass is 9.92. The molecule has 0 unspecified atom stereocenters. The van der Waals surface area contributed by atoms with Gasteiger partial charge in [-0.3, -0.25) is 10.1 Å². The molecule has 0 radical (unpaired) electrons. The van der Waals surface area contributed by atoms with Gasteiger partial charge in [0.05, 0.1) is 17.1 Å². The topological polar surface area (TPSA) is 119 Å². The van der Waals surface area contributed by atoms with E-state index in [2.05, 4.69) is 26.0 Å². The van der Waals surface area contributed by atoms with Gasteiger partial charge in [0, 0.05) is 30.9 Å². The number of anilines is 3. The summed E-state index contributed by atoms with van der Waals surface area (Å²) in [6.45, 7) is 7.75. The Morgan fingerprint density at radius 2 is 1.68 bits per heavy atom. The van der Waals surface area contributed by atoms with E-state index in [1.54, 1.807) is 10.7 Å². The van der Waals surface area contributed by atoms with Crippen LogP contribution in [0, 0.1) is 18.6 Å². The predicted molar refractivity (Wildman–Crippen MR) is 151 cm³/mol. The maximum Gasteiger partial charge on any atom is 0.324 e. The zero-order chi connectivity index (χ0) is 29.7. The summed E-state index contributed by atoms with van der Waals surface area (Å²) in [6, 6.07) is 13.6. The molecule has 0 fully saturated rings. The van der Waals surface area contributed by atoms with Crippen LogP contribution in [0.25, 0.3) is 5.69 Å². The van der Waals surface area contributed by atoms with Crippen LogP contribution in [0.4, 0.5) is 30.9 Å². The van der Waals surface area contributed by atoms with Crippen LogP contribution in [0.1, 0.15) is 32.0 Å². The number of methoxy groups -OCH3 is 1. The molecule has 2 aromatic carbocycles. The second kappa shape index (κ2) is 12.1. The molecule has 10 nitrogen and oxygen atoms in total. The van der Waals surface area contributed by atoms with Crippen molar-refractivity contribution in [1.29, 1.82) is 0 Å². The van der Waals surface area contributed by atoms with Crippen LogP contribution in [0.5, 0.6) is 11.5 Å². The number of pyridine rings is 1. The zero-order valence-corrected chi connectivity index (χ0v) is 23.2. The molecule has 3 N–H and O–H groups in total. The van der Waals surface area contributed by atoms with Crippen molar-refractivity contribution in [3.8, 4) is 17.2 Å². The van der Waals surface area contributed by atoms with Crippen LogP contribution in [0.2, 0.25) is 0 Å². The molecular weight excluding hydrogens is 534 g/mol. The first-order valence-corrected chi connectivity index (χ1v) is 12.6. The van der Waals surface area contributed by atoms with E-state index in [0.717, 1.165) is 16.9 Å². The first-order valence-electron chi connectivity index (χ1n) is 12.6. The third-order valence-electron chi connectivity index (χ3n) is 5.80. The van der Waals surface area contributed by atoms with E-state index >= 15 is 0 Å². The number of aromatic nitrogens is 3. The van der Waals surface area contributed by atoms with Crippen molar-refractivity contribution in [2.75, 3.05) is 29.7 Å². The van der Waals surface area contributed by atoms with Crippen LogP contribution in [-0.4, -0.2) is 40.4 Å². The Labute approximate surface area is 235 Å². The number of aryl methyl sites for hydroxylation is 1. The average molecular weight is 565 g/mol. The highest BCUT2D eigenvalue weighted by Gasteiger charge is 2.23. The van der Waals surface area contributed by atoms with Crippen molar-refractivity contribution in [1.82, 2.24) is 14.8 Å². The molecule has 0 aliphatic rings. The molecule has 0 aliphatic heterocycles. The van der Waals surface area contributed by atoms with E-state index in [9.17, 15) is 18.4 Å². The monoisotopic (exact) mass is 564 g/mol. The number of nitrogens with one attached hydrogen (secondary N) is 3. The Bertz CT molecular complexity index is 1560. The van der Waals surface area contributed by atoms with Gasteiger partial charge in [0.2, 0.25) is 5.82 Å². The maximum absolute atomic E-state index is 14.9. The fourth-order valence-electron chi connectivity index (χ4n) is 3.68. The molecular formula is C29H30F2N6O4. The summed E-state index contributed by atoms with van der Waals surface area (Å²) < 4.78 is 41.6. The minimum Gasteiger partial charge on any atom is -0.454 e. The number of benzene rings is 2. The molecule has 4 rings (SSSR count). The van der Waals surface area contributed by atoms with Crippen LogP contribution in [-0.2, 0) is 14.9 Å². The van der Waals surface area contributed by atoms with Crippen LogP contribution < -0.4 is 20.7 Å². The Balaban J connectivity index is 1.50. The molecule has 41 heavy (non-hydrogen) atoms. The Morgan fingerprint density at radius 1 is 0.951 bits per heavy atom. The SMILES string of the molecule is COCC(=O)Nc1cc(Oc2ccc(NC(=O)Nc3cc(C(C)(C)C)nn3-c3ccc(C)cc3)c(F)c2F)ccn1. The van der Waals surface area contributed by atoms with Gasteiger partial charge in [0.25, 0.3) is 5.91 Å². The van der Waals surface area contributed by atoms with Crippen molar-refractivity contribution < 1.29 is 27.8 Å². The second-order valence-electron chi connectivity index (χ2n) is 10.2. The van der Waals surface area contributed by atoms with Gasteiger partial charge in [-0.15, -0.1) is 0 Å². The molecule has 0 aliphatic carbocycles. The second-order valence-corrected chi connectivity index (χ2v) is 10.2. The number of rotatable bonds is 8. The summed E-state index contributed by atoms with van der Waals surface area (Å²) in [5.74, 6) is -2.92. The third kappa shape index (κ3) is 7.22. The van der Waals surface area contributed by atoms with Gasteiger partial charge < -0.3 is 20.1 Å². The molecule has 0 bridgehead atoms. The summed E-state index contributed by atoms with van der Waals surface area (Å²) in [7, 11) is 1.37. The Morgan fingerprint density at radius 3 is 2.37 bits per heavy atom. The maximum atomic E-state index is 14.9. The lowest BCUT2D eigenvalue weighted by molar-refractivity contribution is -0.119. The van der Waals surface area contributed by atoms with E-state index in [-0.39, 0.29) is 23.6 Å². The summed E-state index contributed by atoms with van der Waals surface area (Å²) in [5.41, 5.74) is 1.81. The minimum absolute atomic E-state index is 0.100. The van der Waals surface area contributed by atoms with E-state index in [1.165, 1.54) is 37.6 Å². The molecule has 4 aromatic rings. The number of hydrogen-bond donors (Lipinski definition) is 3. The lowest BCUT2D eigenvalue weighted by Gasteiger charge is -2.14. The van der Waals surface area contributed by atoms with Crippen LogP contribution >= 0.6 is 0 Å². The first-order chi connectivity index (χ1) is 19.4. The van der Waals surface area contributed by atoms with Gasteiger partial charge in [-0.25, -0.2) is 18.9 Å². The molecule has 0 atom stereocenters. The van der Waals surface area contributed by atoms with Gasteiger partial charge in [-0.2, -0.15) is 9.49 Å². The highest BCUT2D eigenvalue weighted by molar-refractivity contribution is 5.99. The van der Waals surface area contributed by atoms with E-state index in [0.29, 0.717) is 5.82 Å². The molecule has 214 valence electrons. The predicted octanol–water partition coefficient (Wildman–Crippen LogP) is 6.17. The number of nitrogens with zero attached hydrogens (tertiary/aromatic N) is 3. The number of urea groups is 1. The summed E-state index contributed by atoms with van der Waals surface area (Å²) >= 11 is 0. The standard InChI is InChI=1S/C29H30F2N6O4/c1-17-6-8-18(9-7-17)37-24(15-22(36-37)29(2,3)4)35-28(39)33-20-10-11-21(27(31)26(20)30)41-19-12-13-32-23(14-19)34-25(38)16-40-5/h6-15H,16H2,1-5H3,(H,32,34,38)(H2,33,35,39). The molecule has 3 amide bonds. The zero-order valence-electron chi connectivity index (χ0n) is 23.2. The van der Waals surface area contributed by atoms with Gasteiger partial charge in [0.15, 0.2) is 11.6 Å². The van der Waals surface area contributed by atoms with Crippen molar-refractivity contribution in [2.45, 2.75) is 33.1 Å². The van der Waals surface area contributed by atoms with Gasteiger partial charge in [-0.1, -0.05) is 38.5 Å². The molecule has 0 saturated heterocycles. The molecule has 0 spiro atoms. The van der Waals surface area contributed by atoms with E-state index in [1.807, 2.05) is 52.0 Å². The average Bonchev–Trinajstić information content (AvgIpc) is 3.33. The smallest absolute Gasteiger partial charge is 0.324 e. The van der Waals surface area contributed by atoms with Crippen LogP contribution in [0.3, 0.4) is 0 Å². The van der Waals surface area contributed by atoms with Crippen LogP contribution in [0.15, 0.2) is 60.8 Å². The number of amides is 3. The van der Waals surface area contributed by atoms with Crippen molar-refractivity contribution in [3.05, 3.63) is 83.7 Å². The first kappa shape index (κ1) is 29.2. The summed E-state index contributed by atoms with van der Waals surface area (Å²) in [5, 5.41) is 12.1. The number of halogens is 2. The van der Waals surface area contributed by atoms with Crippen molar-refractivity contribution in [3.63, 3.8) is 0 Å². The highest BCUT2D eigenvalue weighted by atomic mass is 19.2.